The number of nitrogens with two attached hydrogens (primary N) is 1. The van der Waals surface area contributed by atoms with Gasteiger partial charge in [0.1, 0.15) is 17.5 Å². The molecule has 1 saturated heterocycles. The zero-order valence-electron chi connectivity index (χ0n) is 9.55. The van der Waals surface area contributed by atoms with Gasteiger partial charge < -0.3 is 11.1 Å². The minimum Gasteiger partial charge on any atom is -0.368 e. The minimum absolute atomic E-state index is 0.0202. The summed E-state index contributed by atoms with van der Waals surface area (Å²) in [6.45, 7) is 0.388. The van der Waals surface area contributed by atoms with Gasteiger partial charge >= 0.3 is 0 Å². The SMILES string of the molecule is NC(=O)[C@H]1NCC[C@]1(F)Cc1ccc(F)c(Cl)c1. The zero-order valence-corrected chi connectivity index (χ0v) is 10.3. The third kappa shape index (κ3) is 2.47. The summed E-state index contributed by atoms with van der Waals surface area (Å²) in [5, 5.41) is 2.68. The van der Waals surface area contributed by atoms with Crippen LogP contribution < -0.4 is 11.1 Å². The van der Waals surface area contributed by atoms with Gasteiger partial charge in [0, 0.05) is 6.42 Å². The second-order valence-corrected chi connectivity index (χ2v) is 4.91. The predicted octanol–water partition coefficient (Wildman–Crippen LogP) is 1.58. The van der Waals surface area contributed by atoms with Gasteiger partial charge in [-0.25, -0.2) is 8.78 Å². The van der Waals surface area contributed by atoms with Gasteiger partial charge in [-0.15, -0.1) is 0 Å². The van der Waals surface area contributed by atoms with E-state index in [0.29, 0.717) is 12.1 Å². The van der Waals surface area contributed by atoms with Crippen LogP contribution in [0.4, 0.5) is 8.78 Å². The highest BCUT2D eigenvalue weighted by Gasteiger charge is 2.46. The number of hydrogen-bond donors (Lipinski definition) is 2. The maximum atomic E-state index is 14.6. The summed E-state index contributed by atoms with van der Waals surface area (Å²) < 4.78 is 27.6. The lowest BCUT2D eigenvalue weighted by atomic mass is 9.89. The maximum absolute atomic E-state index is 14.6. The molecule has 0 radical (unpaired) electrons. The topological polar surface area (TPSA) is 55.1 Å². The maximum Gasteiger partial charge on any atom is 0.237 e. The van der Waals surface area contributed by atoms with Crippen LogP contribution >= 0.6 is 11.6 Å². The van der Waals surface area contributed by atoms with Crippen LogP contribution in [-0.2, 0) is 11.2 Å². The van der Waals surface area contributed by atoms with Crippen molar-refractivity contribution in [2.75, 3.05) is 6.54 Å². The molecule has 1 aromatic carbocycles. The van der Waals surface area contributed by atoms with Gasteiger partial charge in [0.25, 0.3) is 0 Å². The lowest BCUT2D eigenvalue weighted by Crippen LogP contribution is -2.49. The van der Waals surface area contributed by atoms with Crippen LogP contribution in [0.3, 0.4) is 0 Å². The molecule has 0 aromatic heterocycles. The van der Waals surface area contributed by atoms with Gasteiger partial charge in [0.05, 0.1) is 5.02 Å². The molecule has 0 unspecified atom stereocenters. The van der Waals surface area contributed by atoms with E-state index in [1.165, 1.54) is 18.2 Å². The Morgan fingerprint density at radius 1 is 1.61 bits per heavy atom. The minimum atomic E-state index is -1.74. The van der Waals surface area contributed by atoms with Gasteiger partial charge in [-0.3, -0.25) is 4.79 Å². The summed E-state index contributed by atoms with van der Waals surface area (Å²) in [7, 11) is 0. The first-order valence-electron chi connectivity index (χ1n) is 5.58. The van der Waals surface area contributed by atoms with Crippen LogP contribution in [0.25, 0.3) is 0 Å². The predicted molar refractivity (Wildman–Crippen MR) is 64.6 cm³/mol. The molecule has 3 N–H and O–H groups in total. The van der Waals surface area contributed by atoms with Crippen LogP contribution in [0, 0.1) is 5.82 Å². The highest BCUT2D eigenvalue weighted by atomic mass is 35.5. The average Bonchev–Trinajstić information content (AvgIpc) is 2.66. The third-order valence-electron chi connectivity index (χ3n) is 3.17. The Bertz CT molecular complexity index is 483. The Balaban J connectivity index is 2.21. The van der Waals surface area contributed by atoms with Gasteiger partial charge in [-0.2, -0.15) is 0 Å². The van der Waals surface area contributed by atoms with Crippen molar-refractivity contribution >= 4 is 17.5 Å². The lowest BCUT2D eigenvalue weighted by Gasteiger charge is -2.24. The molecule has 18 heavy (non-hydrogen) atoms. The van der Waals surface area contributed by atoms with Gasteiger partial charge in [0.2, 0.25) is 5.91 Å². The van der Waals surface area contributed by atoms with Gasteiger partial charge in [0.15, 0.2) is 0 Å². The molecule has 1 fully saturated rings. The lowest BCUT2D eigenvalue weighted by molar-refractivity contribution is -0.122. The number of alkyl halides is 1. The molecular weight excluding hydrogens is 262 g/mol. The van der Waals surface area contributed by atoms with Crippen LogP contribution in [0.5, 0.6) is 0 Å². The first-order valence-corrected chi connectivity index (χ1v) is 5.96. The second kappa shape index (κ2) is 4.82. The van der Waals surface area contributed by atoms with Crippen molar-refractivity contribution in [1.29, 1.82) is 0 Å². The molecule has 3 nitrogen and oxygen atoms in total. The molecule has 1 aliphatic heterocycles. The summed E-state index contributed by atoms with van der Waals surface area (Å²) in [6, 6.07) is 3.00. The van der Waals surface area contributed by atoms with Crippen molar-refractivity contribution in [3.63, 3.8) is 0 Å². The van der Waals surface area contributed by atoms with Crippen molar-refractivity contribution in [3.05, 3.63) is 34.6 Å². The number of halogens is 3. The van der Waals surface area contributed by atoms with E-state index in [1.54, 1.807) is 0 Å². The van der Waals surface area contributed by atoms with E-state index in [9.17, 15) is 13.6 Å². The molecule has 0 aliphatic carbocycles. The first kappa shape index (κ1) is 13.2. The Morgan fingerprint density at radius 2 is 2.33 bits per heavy atom. The van der Waals surface area contributed by atoms with Crippen LogP contribution in [0.15, 0.2) is 18.2 Å². The molecule has 0 spiro atoms. The number of benzene rings is 1. The number of amides is 1. The zero-order chi connectivity index (χ0) is 13.3. The largest absolute Gasteiger partial charge is 0.368 e. The van der Waals surface area contributed by atoms with Crippen LogP contribution in [0.1, 0.15) is 12.0 Å². The molecule has 2 rings (SSSR count). The average molecular weight is 275 g/mol. The molecule has 0 saturated carbocycles. The smallest absolute Gasteiger partial charge is 0.237 e. The van der Waals surface area contributed by atoms with Gasteiger partial charge in [-0.1, -0.05) is 17.7 Å². The van der Waals surface area contributed by atoms with Gasteiger partial charge in [-0.05, 0) is 30.7 Å². The fraction of sp³-hybridized carbons (Fsp3) is 0.417. The van der Waals surface area contributed by atoms with Crippen molar-refractivity contribution in [3.8, 4) is 0 Å². The Morgan fingerprint density at radius 3 is 2.94 bits per heavy atom. The molecule has 1 aliphatic rings. The fourth-order valence-corrected chi connectivity index (χ4v) is 2.49. The molecule has 0 bridgehead atoms. The number of carbonyl (C=O) groups is 1. The highest BCUT2D eigenvalue weighted by molar-refractivity contribution is 6.30. The number of carbonyl (C=O) groups excluding carboxylic acids is 1. The van der Waals surface area contributed by atoms with E-state index in [-0.39, 0.29) is 17.9 Å². The van der Waals surface area contributed by atoms with E-state index in [2.05, 4.69) is 5.32 Å². The molecule has 2 atom stereocenters. The van der Waals surface area contributed by atoms with Crippen LogP contribution in [-0.4, -0.2) is 24.2 Å². The summed E-state index contributed by atoms with van der Waals surface area (Å²) in [5.74, 6) is -1.27. The van der Waals surface area contributed by atoms with Crippen molar-refractivity contribution in [2.45, 2.75) is 24.6 Å². The van der Waals surface area contributed by atoms with Crippen molar-refractivity contribution in [2.24, 2.45) is 5.73 Å². The molecule has 1 heterocycles. The number of rotatable bonds is 3. The van der Waals surface area contributed by atoms with E-state index >= 15 is 0 Å². The van der Waals surface area contributed by atoms with E-state index in [0.717, 1.165) is 0 Å². The van der Waals surface area contributed by atoms with Crippen molar-refractivity contribution in [1.82, 2.24) is 5.32 Å². The number of nitrogens with one attached hydrogen (secondary N) is 1. The molecule has 1 amide bonds. The molecule has 6 heteroatoms. The number of primary amides is 1. The Labute approximate surface area is 108 Å². The third-order valence-corrected chi connectivity index (χ3v) is 3.46. The summed E-state index contributed by atoms with van der Waals surface area (Å²) in [6.07, 6.45) is 0.170. The Kier molecular flexibility index (Phi) is 3.54. The van der Waals surface area contributed by atoms with Crippen molar-refractivity contribution < 1.29 is 13.6 Å². The summed E-state index contributed by atoms with van der Waals surface area (Å²) in [4.78, 5) is 11.2. The van der Waals surface area contributed by atoms with E-state index in [1.807, 2.05) is 0 Å². The van der Waals surface area contributed by atoms with E-state index < -0.39 is 23.4 Å². The molecule has 1 aromatic rings. The monoisotopic (exact) mass is 274 g/mol. The highest BCUT2D eigenvalue weighted by Crippen LogP contribution is 2.31. The van der Waals surface area contributed by atoms with E-state index in [4.69, 9.17) is 17.3 Å². The molecular formula is C12H13ClF2N2O. The summed E-state index contributed by atoms with van der Waals surface area (Å²) >= 11 is 5.64. The standard InChI is InChI=1S/C12H13ClF2N2O/c13-8-5-7(1-2-9(8)14)6-12(15)3-4-17-10(12)11(16)18/h1-2,5,10,17H,3-4,6H2,(H2,16,18)/t10-,12+/m1/s1. The fourth-order valence-electron chi connectivity index (χ4n) is 2.29. The van der Waals surface area contributed by atoms with Crippen LogP contribution in [0.2, 0.25) is 5.02 Å². The normalized spacial score (nSPS) is 27.4. The Hall–Kier alpha value is -1.20. The molecule has 98 valence electrons. The first-order chi connectivity index (χ1) is 8.42. The second-order valence-electron chi connectivity index (χ2n) is 4.50. The number of hydrogen-bond acceptors (Lipinski definition) is 2. The summed E-state index contributed by atoms with van der Waals surface area (Å²) in [5.41, 5.74) is 3.95. The quantitative estimate of drug-likeness (QED) is 0.879.